The third-order valence-electron chi connectivity index (χ3n) is 5.26. The molecule has 0 saturated heterocycles. The number of benzene rings is 1. The number of hydrogen-bond acceptors (Lipinski definition) is 5. The van der Waals surface area contributed by atoms with E-state index < -0.39 is 0 Å². The fourth-order valence-corrected chi connectivity index (χ4v) is 4.15. The predicted molar refractivity (Wildman–Crippen MR) is 119 cm³/mol. The fourth-order valence-electron chi connectivity index (χ4n) is 3.78. The van der Waals surface area contributed by atoms with Gasteiger partial charge in [-0.2, -0.15) is 0 Å². The number of pyridine rings is 1. The molecule has 3 aromatic rings. The summed E-state index contributed by atoms with van der Waals surface area (Å²) < 4.78 is 7.99. The van der Waals surface area contributed by atoms with Gasteiger partial charge in [0.05, 0.1) is 24.2 Å². The maximum Gasteiger partial charge on any atom is 0.305 e. The van der Waals surface area contributed by atoms with E-state index >= 15 is 0 Å². The second-order valence-electron chi connectivity index (χ2n) is 7.14. The smallest absolute Gasteiger partial charge is 0.305 e. The maximum absolute atomic E-state index is 11.6. The average Bonchev–Trinajstić information content (AvgIpc) is 3.15. The molecule has 6 nitrogen and oxygen atoms in total. The quantitative estimate of drug-likeness (QED) is 0.487. The van der Waals surface area contributed by atoms with E-state index in [-0.39, 0.29) is 12.0 Å². The molecule has 0 radical (unpaired) electrons. The predicted octanol–water partition coefficient (Wildman–Crippen LogP) is 4.83. The van der Waals surface area contributed by atoms with Crippen molar-refractivity contribution in [2.24, 2.45) is 4.99 Å². The molecule has 0 bridgehead atoms. The van der Waals surface area contributed by atoms with Crippen molar-refractivity contribution in [1.29, 1.82) is 0 Å². The first kappa shape index (κ1) is 20.5. The summed E-state index contributed by atoms with van der Waals surface area (Å²) in [7, 11) is 1.42. The van der Waals surface area contributed by atoms with E-state index in [1.165, 1.54) is 7.11 Å². The molecular formula is C23H23BrN4O2. The van der Waals surface area contributed by atoms with Crippen LogP contribution in [0.5, 0.6) is 0 Å². The van der Waals surface area contributed by atoms with Gasteiger partial charge in [-0.1, -0.05) is 28.9 Å². The van der Waals surface area contributed by atoms with E-state index in [1.54, 1.807) is 6.20 Å². The fraction of sp³-hybridized carbons (Fsp3) is 0.304. The molecule has 0 saturated carbocycles. The van der Waals surface area contributed by atoms with Gasteiger partial charge in [0.15, 0.2) is 0 Å². The SMILES string of the molecule is CCc1cnc2n1-c1ccc(Br)cc1C(c1ccccn1)=N[C@H]2CCCC(=O)OC. The highest BCUT2D eigenvalue weighted by Crippen LogP contribution is 2.35. The zero-order valence-electron chi connectivity index (χ0n) is 17.0. The van der Waals surface area contributed by atoms with Crippen LogP contribution < -0.4 is 0 Å². The van der Waals surface area contributed by atoms with Crippen molar-refractivity contribution < 1.29 is 9.53 Å². The van der Waals surface area contributed by atoms with Crippen LogP contribution in [0.3, 0.4) is 0 Å². The third kappa shape index (κ3) is 3.94. The number of fused-ring (bicyclic) bond motifs is 3. The lowest BCUT2D eigenvalue weighted by Crippen LogP contribution is -2.10. The number of hydrogen-bond donors (Lipinski definition) is 0. The van der Waals surface area contributed by atoms with Crippen LogP contribution >= 0.6 is 15.9 Å². The van der Waals surface area contributed by atoms with Crippen molar-refractivity contribution in [1.82, 2.24) is 14.5 Å². The summed E-state index contributed by atoms with van der Waals surface area (Å²) in [5.41, 5.74) is 4.83. The minimum Gasteiger partial charge on any atom is -0.469 e. The highest BCUT2D eigenvalue weighted by molar-refractivity contribution is 9.10. The summed E-state index contributed by atoms with van der Waals surface area (Å²) in [5, 5.41) is 0. The van der Waals surface area contributed by atoms with Gasteiger partial charge < -0.3 is 4.74 Å². The second-order valence-corrected chi connectivity index (χ2v) is 8.05. The summed E-state index contributed by atoms with van der Waals surface area (Å²) in [5.74, 6) is 0.688. The van der Waals surface area contributed by atoms with Crippen LogP contribution in [0.2, 0.25) is 0 Å². The zero-order valence-corrected chi connectivity index (χ0v) is 18.6. The van der Waals surface area contributed by atoms with Crippen LogP contribution in [-0.2, 0) is 16.0 Å². The molecule has 1 aliphatic heterocycles. The highest BCUT2D eigenvalue weighted by Gasteiger charge is 2.28. The Morgan fingerprint density at radius 3 is 2.83 bits per heavy atom. The molecule has 30 heavy (non-hydrogen) atoms. The number of aromatic nitrogens is 3. The highest BCUT2D eigenvalue weighted by atomic mass is 79.9. The lowest BCUT2D eigenvalue weighted by Gasteiger charge is -2.15. The lowest BCUT2D eigenvalue weighted by atomic mass is 10.0. The Balaban J connectivity index is 1.87. The largest absolute Gasteiger partial charge is 0.469 e. The summed E-state index contributed by atoms with van der Waals surface area (Å²) >= 11 is 3.61. The van der Waals surface area contributed by atoms with Gasteiger partial charge in [0.1, 0.15) is 11.9 Å². The number of halogens is 1. The molecule has 0 fully saturated rings. The van der Waals surface area contributed by atoms with Crippen LogP contribution in [0.4, 0.5) is 0 Å². The van der Waals surface area contributed by atoms with Gasteiger partial charge in [0.2, 0.25) is 0 Å². The van der Waals surface area contributed by atoms with Gasteiger partial charge in [-0.3, -0.25) is 19.3 Å². The molecule has 0 unspecified atom stereocenters. The summed E-state index contributed by atoms with van der Waals surface area (Å²) in [6, 6.07) is 11.9. The number of carbonyl (C=O) groups excluding carboxylic acids is 1. The van der Waals surface area contributed by atoms with E-state index in [1.807, 2.05) is 30.5 Å². The first-order chi connectivity index (χ1) is 14.6. The van der Waals surface area contributed by atoms with Crippen molar-refractivity contribution in [2.45, 2.75) is 38.6 Å². The minimum atomic E-state index is -0.206. The molecule has 0 amide bonds. The Bertz CT molecular complexity index is 1090. The standard InChI is InChI=1S/C23H23BrN4O2/c1-3-16-14-26-23-19(8-6-9-21(29)30-2)27-22(18-7-4-5-12-25-18)17-13-15(24)10-11-20(17)28(16)23/h4-5,7,10-14,19H,3,6,8-9H2,1-2H3/t19-/m0/s1. The van der Waals surface area contributed by atoms with Crippen LogP contribution in [-0.4, -0.2) is 33.3 Å². The van der Waals surface area contributed by atoms with Gasteiger partial charge in [-0.05, 0) is 49.6 Å². The van der Waals surface area contributed by atoms with Crippen molar-refractivity contribution >= 4 is 27.6 Å². The number of aryl methyl sites for hydroxylation is 1. The maximum atomic E-state index is 11.6. The first-order valence-corrected chi connectivity index (χ1v) is 10.8. The molecule has 0 aliphatic carbocycles. The van der Waals surface area contributed by atoms with E-state index in [0.29, 0.717) is 19.3 Å². The number of methoxy groups -OCH3 is 1. The van der Waals surface area contributed by atoms with Gasteiger partial charge in [0, 0.05) is 34.5 Å². The summed E-state index contributed by atoms with van der Waals surface area (Å²) in [4.78, 5) is 26.1. The summed E-state index contributed by atoms with van der Waals surface area (Å²) in [6.45, 7) is 2.13. The number of nitrogens with zero attached hydrogens (tertiary/aromatic N) is 4. The molecule has 1 atom stereocenters. The number of esters is 1. The van der Waals surface area contributed by atoms with Gasteiger partial charge in [-0.25, -0.2) is 4.98 Å². The molecule has 154 valence electrons. The molecule has 3 heterocycles. The molecule has 1 aliphatic rings. The van der Waals surface area contributed by atoms with E-state index in [4.69, 9.17) is 14.7 Å². The van der Waals surface area contributed by atoms with Gasteiger partial charge >= 0.3 is 5.97 Å². The molecule has 0 N–H and O–H groups in total. The van der Waals surface area contributed by atoms with E-state index in [0.717, 1.165) is 45.1 Å². The Morgan fingerprint density at radius 1 is 1.23 bits per heavy atom. The lowest BCUT2D eigenvalue weighted by molar-refractivity contribution is -0.140. The Kier molecular flexibility index (Phi) is 6.08. The topological polar surface area (TPSA) is 69.4 Å². The van der Waals surface area contributed by atoms with Gasteiger partial charge in [0.25, 0.3) is 0 Å². The average molecular weight is 467 g/mol. The third-order valence-corrected chi connectivity index (χ3v) is 5.75. The molecule has 7 heteroatoms. The zero-order chi connectivity index (χ0) is 21.1. The second kappa shape index (κ2) is 8.92. The number of imidazole rings is 1. The normalized spacial score (nSPS) is 15.0. The van der Waals surface area contributed by atoms with Crippen LogP contribution in [0.1, 0.15) is 55.0 Å². The first-order valence-electron chi connectivity index (χ1n) is 10.0. The minimum absolute atomic E-state index is 0.182. The Labute approximate surface area is 184 Å². The van der Waals surface area contributed by atoms with Gasteiger partial charge in [-0.15, -0.1) is 0 Å². The van der Waals surface area contributed by atoms with E-state index in [9.17, 15) is 4.79 Å². The van der Waals surface area contributed by atoms with Crippen LogP contribution in [0, 0.1) is 0 Å². The molecule has 4 rings (SSSR count). The molecule has 2 aromatic heterocycles. The Hall–Kier alpha value is -2.80. The number of ether oxygens (including phenoxy) is 1. The molecular weight excluding hydrogens is 444 g/mol. The van der Waals surface area contributed by atoms with Crippen molar-refractivity contribution in [3.05, 3.63) is 76.0 Å². The van der Waals surface area contributed by atoms with Crippen molar-refractivity contribution in [3.63, 3.8) is 0 Å². The van der Waals surface area contributed by atoms with Crippen molar-refractivity contribution in [3.8, 4) is 5.69 Å². The molecule has 1 aromatic carbocycles. The number of carbonyl (C=O) groups is 1. The molecule has 0 spiro atoms. The van der Waals surface area contributed by atoms with E-state index in [2.05, 4.69) is 44.5 Å². The number of rotatable bonds is 6. The monoisotopic (exact) mass is 466 g/mol. The Morgan fingerprint density at radius 2 is 2.10 bits per heavy atom. The van der Waals surface area contributed by atoms with Crippen LogP contribution in [0.15, 0.2) is 58.3 Å². The summed E-state index contributed by atoms with van der Waals surface area (Å²) in [6.07, 6.45) is 6.29. The van der Waals surface area contributed by atoms with Crippen molar-refractivity contribution in [2.75, 3.05) is 7.11 Å². The number of aliphatic imine (C=N–C) groups is 1. The van der Waals surface area contributed by atoms with Crippen LogP contribution in [0.25, 0.3) is 5.69 Å².